The Labute approximate surface area is 139 Å². The first-order valence-electron chi connectivity index (χ1n) is 7.18. The zero-order chi connectivity index (χ0) is 15.6. The highest BCUT2D eigenvalue weighted by Crippen LogP contribution is 2.29. The van der Waals surface area contributed by atoms with E-state index in [-0.39, 0.29) is 5.91 Å². The molecule has 2 rings (SSSR count). The van der Waals surface area contributed by atoms with Crippen molar-refractivity contribution in [2.75, 3.05) is 18.8 Å². The second-order valence-corrected chi connectivity index (χ2v) is 7.90. The first-order chi connectivity index (χ1) is 9.78. The van der Waals surface area contributed by atoms with E-state index in [4.69, 9.17) is 0 Å². The Morgan fingerprint density at radius 1 is 1.33 bits per heavy atom. The number of hydrogen-bond acceptors (Lipinski definition) is 3. The average molecular weight is 372 g/mol. The topological polar surface area (TPSA) is 40.5 Å². The normalized spacial score (nSPS) is 17.9. The maximum Gasteiger partial charge on any atom is 0.232 e. The third-order valence-electron chi connectivity index (χ3n) is 4.00. The van der Waals surface area contributed by atoms with Gasteiger partial charge in [-0.1, -0.05) is 15.9 Å². The van der Waals surface area contributed by atoms with E-state index in [9.17, 15) is 9.90 Å². The molecule has 0 aliphatic carbocycles. The van der Waals surface area contributed by atoms with Gasteiger partial charge in [-0.05, 0) is 56.9 Å². The van der Waals surface area contributed by atoms with Crippen molar-refractivity contribution in [1.82, 2.24) is 4.90 Å². The molecule has 0 spiro atoms. The highest BCUT2D eigenvalue weighted by Gasteiger charge is 2.29. The number of carbonyl (C=O) groups excluding carboxylic acids is 1. The van der Waals surface area contributed by atoms with Crippen LogP contribution in [0, 0.1) is 13.8 Å². The van der Waals surface area contributed by atoms with Crippen molar-refractivity contribution < 1.29 is 9.90 Å². The van der Waals surface area contributed by atoms with E-state index in [0.717, 1.165) is 9.37 Å². The summed E-state index contributed by atoms with van der Waals surface area (Å²) >= 11 is 5.12. The van der Waals surface area contributed by atoms with Crippen LogP contribution in [0.3, 0.4) is 0 Å². The van der Waals surface area contributed by atoms with Crippen LogP contribution in [0.25, 0.3) is 0 Å². The molecule has 21 heavy (non-hydrogen) atoms. The van der Waals surface area contributed by atoms with E-state index in [0.29, 0.717) is 31.7 Å². The Balaban J connectivity index is 1.91. The van der Waals surface area contributed by atoms with Crippen LogP contribution in [0.1, 0.15) is 30.9 Å². The van der Waals surface area contributed by atoms with Crippen molar-refractivity contribution in [2.45, 2.75) is 44.1 Å². The summed E-state index contributed by atoms with van der Waals surface area (Å²) in [7, 11) is 0. The van der Waals surface area contributed by atoms with Gasteiger partial charge in [0.15, 0.2) is 0 Å². The quantitative estimate of drug-likeness (QED) is 0.826. The van der Waals surface area contributed by atoms with Crippen LogP contribution >= 0.6 is 27.7 Å². The highest BCUT2D eigenvalue weighted by atomic mass is 79.9. The van der Waals surface area contributed by atoms with Crippen LogP contribution in [0.2, 0.25) is 0 Å². The fraction of sp³-hybridized carbons (Fsp3) is 0.562. The molecule has 1 saturated heterocycles. The maximum absolute atomic E-state index is 12.3. The number of benzene rings is 1. The fourth-order valence-corrected chi connectivity index (χ4v) is 3.84. The third-order valence-corrected chi connectivity index (χ3v) is 6.00. The standard InChI is InChI=1S/C16H22BrNO2S/c1-11-9-14(12(2)8-13(11)17)21-10-15(19)18-6-4-16(3,20)5-7-18/h8-9,20H,4-7,10H2,1-3H3. The van der Waals surface area contributed by atoms with E-state index in [1.54, 1.807) is 11.8 Å². The van der Waals surface area contributed by atoms with Gasteiger partial charge in [0.05, 0.1) is 11.4 Å². The largest absolute Gasteiger partial charge is 0.390 e. The van der Waals surface area contributed by atoms with Crippen molar-refractivity contribution in [2.24, 2.45) is 0 Å². The Morgan fingerprint density at radius 3 is 2.57 bits per heavy atom. The number of thioether (sulfide) groups is 1. The molecule has 1 aromatic rings. The molecule has 5 heteroatoms. The van der Waals surface area contributed by atoms with E-state index in [2.05, 4.69) is 41.9 Å². The van der Waals surface area contributed by atoms with Gasteiger partial charge in [0.2, 0.25) is 5.91 Å². The zero-order valence-corrected chi connectivity index (χ0v) is 15.2. The SMILES string of the molecule is Cc1cc(SCC(=O)N2CCC(C)(O)CC2)c(C)cc1Br. The van der Waals surface area contributed by atoms with Crippen molar-refractivity contribution in [3.05, 3.63) is 27.7 Å². The summed E-state index contributed by atoms with van der Waals surface area (Å²) in [6, 6.07) is 4.22. The monoisotopic (exact) mass is 371 g/mol. The Hall–Kier alpha value is -0.520. The molecule has 0 saturated carbocycles. The van der Waals surface area contributed by atoms with Crippen LogP contribution in [0.5, 0.6) is 0 Å². The summed E-state index contributed by atoms with van der Waals surface area (Å²) < 4.78 is 1.11. The zero-order valence-electron chi connectivity index (χ0n) is 12.8. The molecule has 1 amide bonds. The number of amides is 1. The van der Waals surface area contributed by atoms with Gasteiger partial charge in [-0.3, -0.25) is 4.79 Å². The summed E-state index contributed by atoms with van der Waals surface area (Å²) in [6.07, 6.45) is 1.33. The first kappa shape index (κ1) is 16.8. The van der Waals surface area contributed by atoms with Gasteiger partial charge in [-0.15, -0.1) is 11.8 Å². The molecule has 1 heterocycles. The number of hydrogen-bond donors (Lipinski definition) is 1. The molecule has 0 bridgehead atoms. The average Bonchev–Trinajstić information content (AvgIpc) is 2.41. The van der Waals surface area contributed by atoms with E-state index in [1.807, 2.05) is 11.8 Å². The molecule has 0 atom stereocenters. The number of nitrogens with zero attached hydrogens (tertiary/aromatic N) is 1. The van der Waals surface area contributed by atoms with Crippen LogP contribution < -0.4 is 0 Å². The second kappa shape index (κ2) is 6.71. The molecule has 0 unspecified atom stereocenters. The molecule has 1 fully saturated rings. The lowest BCUT2D eigenvalue weighted by molar-refractivity contribution is -0.132. The summed E-state index contributed by atoms with van der Waals surface area (Å²) in [5.41, 5.74) is 1.76. The van der Waals surface area contributed by atoms with Crippen LogP contribution in [-0.4, -0.2) is 40.4 Å². The van der Waals surface area contributed by atoms with Crippen molar-refractivity contribution in [1.29, 1.82) is 0 Å². The molecular weight excluding hydrogens is 350 g/mol. The minimum absolute atomic E-state index is 0.162. The smallest absolute Gasteiger partial charge is 0.232 e. The number of rotatable bonds is 3. The molecular formula is C16H22BrNO2S. The third kappa shape index (κ3) is 4.47. The fourth-order valence-electron chi connectivity index (χ4n) is 2.38. The Morgan fingerprint density at radius 2 is 1.95 bits per heavy atom. The minimum Gasteiger partial charge on any atom is -0.390 e. The van der Waals surface area contributed by atoms with E-state index >= 15 is 0 Å². The van der Waals surface area contributed by atoms with E-state index < -0.39 is 5.60 Å². The number of aryl methyl sites for hydroxylation is 2. The van der Waals surface area contributed by atoms with Crippen molar-refractivity contribution in [3.63, 3.8) is 0 Å². The lowest BCUT2D eigenvalue weighted by Gasteiger charge is -2.35. The van der Waals surface area contributed by atoms with Gasteiger partial charge in [0.25, 0.3) is 0 Å². The molecule has 1 aromatic carbocycles. The first-order valence-corrected chi connectivity index (χ1v) is 8.96. The molecule has 1 aliphatic heterocycles. The summed E-state index contributed by atoms with van der Waals surface area (Å²) in [4.78, 5) is 15.3. The number of halogens is 1. The second-order valence-electron chi connectivity index (χ2n) is 6.03. The molecule has 1 N–H and O–H groups in total. The van der Waals surface area contributed by atoms with Gasteiger partial charge in [-0.25, -0.2) is 0 Å². The molecule has 1 aliphatic rings. The molecule has 116 valence electrons. The predicted molar refractivity (Wildman–Crippen MR) is 90.8 cm³/mol. The van der Waals surface area contributed by atoms with Crippen LogP contribution in [0.15, 0.2) is 21.5 Å². The van der Waals surface area contributed by atoms with E-state index in [1.165, 1.54) is 11.1 Å². The van der Waals surface area contributed by atoms with Crippen LogP contribution in [0.4, 0.5) is 0 Å². The van der Waals surface area contributed by atoms with Gasteiger partial charge < -0.3 is 10.0 Å². The van der Waals surface area contributed by atoms with Gasteiger partial charge in [-0.2, -0.15) is 0 Å². The number of likely N-dealkylation sites (tertiary alicyclic amines) is 1. The highest BCUT2D eigenvalue weighted by molar-refractivity contribution is 9.10. The van der Waals surface area contributed by atoms with Gasteiger partial charge in [0, 0.05) is 22.5 Å². The van der Waals surface area contributed by atoms with Crippen molar-refractivity contribution >= 4 is 33.6 Å². The molecule has 3 nitrogen and oxygen atoms in total. The molecule has 0 aromatic heterocycles. The Bertz CT molecular complexity index is 535. The van der Waals surface area contributed by atoms with Gasteiger partial charge in [0.1, 0.15) is 0 Å². The summed E-state index contributed by atoms with van der Waals surface area (Å²) in [6.45, 7) is 7.28. The number of aliphatic hydroxyl groups is 1. The minimum atomic E-state index is -0.608. The number of piperidine rings is 1. The summed E-state index contributed by atoms with van der Waals surface area (Å²) in [5, 5.41) is 9.93. The lowest BCUT2D eigenvalue weighted by atomic mass is 9.94. The van der Waals surface area contributed by atoms with Crippen LogP contribution in [-0.2, 0) is 4.79 Å². The summed E-state index contributed by atoms with van der Waals surface area (Å²) in [5.74, 6) is 0.625. The maximum atomic E-state index is 12.3. The Kier molecular flexibility index (Phi) is 5.38. The predicted octanol–water partition coefficient (Wildman–Crippen LogP) is 3.53. The number of carbonyl (C=O) groups is 1. The lowest BCUT2D eigenvalue weighted by Crippen LogP contribution is -2.45. The van der Waals surface area contributed by atoms with Crippen molar-refractivity contribution in [3.8, 4) is 0 Å². The molecule has 0 radical (unpaired) electrons. The van der Waals surface area contributed by atoms with Gasteiger partial charge >= 0.3 is 0 Å².